The van der Waals surface area contributed by atoms with E-state index in [4.69, 9.17) is 0 Å². The Labute approximate surface area is 192 Å². The Bertz CT molecular complexity index is 927. The van der Waals surface area contributed by atoms with Crippen molar-refractivity contribution in [3.8, 4) is 0 Å². The predicted octanol–water partition coefficient (Wildman–Crippen LogP) is 2.07. The molecule has 2 atom stereocenters. The molecule has 2 amide bonds. The Morgan fingerprint density at radius 3 is 2.09 bits per heavy atom. The molecule has 3 rings (SSSR count). The minimum Gasteiger partial charge on any atom is -0.340 e. The highest BCUT2D eigenvalue weighted by Crippen LogP contribution is 2.23. The normalized spacial score (nSPS) is 22.7. The van der Waals surface area contributed by atoms with Crippen LogP contribution < -0.4 is 5.32 Å². The summed E-state index contributed by atoms with van der Waals surface area (Å²) >= 11 is 0. The molecule has 2 aliphatic heterocycles. The van der Waals surface area contributed by atoms with Crippen LogP contribution in [0.1, 0.15) is 57.0 Å². The molecule has 1 aromatic rings. The number of carbonyl (C=O) groups is 2. The Balaban J connectivity index is 1.59. The van der Waals surface area contributed by atoms with Crippen LogP contribution in [0.5, 0.6) is 0 Å². The largest absolute Gasteiger partial charge is 0.340 e. The first-order chi connectivity index (χ1) is 14.9. The molecule has 1 unspecified atom stereocenters. The van der Waals surface area contributed by atoms with Crippen molar-refractivity contribution >= 4 is 21.7 Å². The zero-order chi connectivity index (χ0) is 23.7. The first-order valence-electron chi connectivity index (χ1n) is 11.5. The van der Waals surface area contributed by atoms with E-state index in [0.717, 1.165) is 5.56 Å². The van der Waals surface area contributed by atoms with Gasteiger partial charge >= 0.3 is 0 Å². The maximum atomic E-state index is 13.2. The van der Waals surface area contributed by atoms with Crippen molar-refractivity contribution in [1.29, 1.82) is 0 Å². The molecule has 0 aliphatic carbocycles. The molecule has 1 aromatic carbocycles. The molecule has 0 radical (unpaired) electrons. The van der Waals surface area contributed by atoms with Crippen LogP contribution in [0.4, 0.5) is 0 Å². The molecular weight excluding hydrogens is 426 g/mol. The summed E-state index contributed by atoms with van der Waals surface area (Å²) in [6.45, 7) is 12.7. The summed E-state index contributed by atoms with van der Waals surface area (Å²) in [6, 6.07) is 7.02. The predicted molar refractivity (Wildman–Crippen MR) is 126 cm³/mol. The van der Waals surface area contributed by atoms with Gasteiger partial charge in [-0.15, -0.1) is 0 Å². The fourth-order valence-corrected chi connectivity index (χ4v) is 6.19. The maximum absolute atomic E-state index is 13.2. The average Bonchev–Trinajstić information content (AvgIpc) is 3.10. The molecule has 8 heteroatoms. The SMILES string of the molecule is CC(C)[C@H](NC(=O)c1ccc(C(C)(C)C)cc1)C(=O)N1CCN(C2CCS(=O)(=O)C2)CC1. The lowest BCUT2D eigenvalue weighted by Crippen LogP contribution is -2.57. The van der Waals surface area contributed by atoms with Crippen molar-refractivity contribution in [3.05, 3.63) is 35.4 Å². The summed E-state index contributed by atoms with van der Waals surface area (Å²) in [5.41, 5.74) is 1.71. The fraction of sp³-hybridized carbons (Fsp3) is 0.667. The van der Waals surface area contributed by atoms with Crippen LogP contribution >= 0.6 is 0 Å². The summed E-state index contributed by atoms with van der Waals surface area (Å²) in [4.78, 5) is 30.1. The van der Waals surface area contributed by atoms with Gasteiger partial charge in [-0.05, 0) is 35.4 Å². The summed E-state index contributed by atoms with van der Waals surface area (Å²) in [5, 5.41) is 2.94. The highest BCUT2D eigenvalue weighted by Gasteiger charge is 2.36. The number of nitrogens with one attached hydrogen (secondary N) is 1. The van der Waals surface area contributed by atoms with Gasteiger partial charge in [0.1, 0.15) is 6.04 Å². The molecule has 2 fully saturated rings. The highest BCUT2D eigenvalue weighted by atomic mass is 32.2. The zero-order valence-corrected chi connectivity index (χ0v) is 20.7. The molecule has 0 spiro atoms. The van der Waals surface area contributed by atoms with Gasteiger partial charge in [-0.25, -0.2) is 8.42 Å². The quantitative estimate of drug-likeness (QED) is 0.722. The van der Waals surface area contributed by atoms with Crippen molar-refractivity contribution in [2.75, 3.05) is 37.7 Å². The summed E-state index contributed by atoms with van der Waals surface area (Å²) < 4.78 is 23.6. The van der Waals surface area contributed by atoms with Crippen molar-refractivity contribution in [2.45, 2.75) is 58.5 Å². The second kappa shape index (κ2) is 9.51. The summed E-state index contributed by atoms with van der Waals surface area (Å²) in [5.74, 6) is 0.123. The van der Waals surface area contributed by atoms with Gasteiger partial charge in [-0.3, -0.25) is 14.5 Å². The summed E-state index contributed by atoms with van der Waals surface area (Å²) in [7, 11) is -2.92. The number of carbonyl (C=O) groups excluding carboxylic acids is 2. The molecule has 7 nitrogen and oxygen atoms in total. The number of hydrogen-bond acceptors (Lipinski definition) is 5. The van der Waals surface area contributed by atoms with Gasteiger partial charge in [0.2, 0.25) is 5.91 Å². The summed E-state index contributed by atoms with van der Waals surface area (Å²) in [6.07, 6.45) is 0.676. The van der Waals surface area contributed by atoms with Crippen molar-refractivity contribution in [3.63, 3.8) is 0 Å². The van der Waals surface area contributed by atoms with Crippen molar-refractivity contribution in [2.24, 2.45) is 5.92 Å². The smallest absolute Gasteiger partial charge is 0.251 e. The maximum Gasteiger partial charge on any atom is 0.251 e. The van der Waals surface area contributed by atoms with Crippen molar-refractivity contribution < 1.29 is 18.0 Å². The minimum absolute atomic E-state index is 0.0102. The van der Waals surface area contributed by atoms with Crippen LogP contribution in [0.3, 0.4) is 0 Å². The van der Waals surface area contributed by atoms with Crippen LogP contribution in [-0.2, 0) is 20.0 Å². The Morgan fingerprint density at radius 1 is 1.03 bits per heavy atom. The topological polar surface area (TPSA) is 86.8 Å². The van der Waals surface area contributed by atoms with Gasteiger partial charge in [0, 0.05) is 37.8 Å². The van der Waals surface area contributed by atoms with Crippen LogP contribution in [0.2, 0.25) is 0 Å². The van der Waals surface area contributed by atoms with E-state index in [0.29, 0.717) is 38.2 Å². The molecule has 2 aliphatic rings. The van der Waals surface area contributed by atoms with Crippen molar-refractivity contribution in [1.82, 2.24) is 15.1 Å². The molecule has 0 aromatic heterocycles. The number of hydrogen-bond donors (Lipinski definition) is 1. The fourth-order valence-electron chi connectivity index (χ4n) is 4.43. The lowest BCUT2D eigenvalue weighted by atomic mass is 9.86. The van der Waals surface area contributed by atoms with E-state index in [1.54, 1.807) is 4.90 Å². The van der Waals surface area contributed by atoms with Gasteiger partial charge in [0.05, 0.1) is 11.5 Å². The number of piperazine rings is 1. The number of amides is 2. The van der Waals surface area contributed by atoms with Gasteiger partial charge in [-0.2, -0.15) is 0 Å². The zero-order valence-electron chi connectivity index (χ0n) is 19.9. The van der Waals surface area contributed by atoms with Gasteiger partial charge in [0.15, 0.2) is 9.84 Å². The van der Waals surface area contributed by atoms with E-state index in [2.05, 4.69) is 31.0 Å². The molecule has 178 valence electrons. The van der Waals surface area contributed by atoms with Crippen LogP contribution in [0, 0.1) is 5.92 Å². The first-order valence-corrected chi connectivity index (χ1v) is 13.3. The van der Waals surface area contributed by atoms with Crippen LogP contribution in [0.25, 0.3) is 0 Å². The Morgan fingerprint density at radius 2 is 1.62 bits per heavy atom. The lowest BCUT2D eigenvalue weighted by molar-refractivity contribution is -0.136. The minimum atomic E-state index is -2.92. The Hall–Kier alpha value is -1.93. The second-order valence-electron chi connectivity index (χ2n) is 10.4. The number of nitrogens with zero attached hydrogens (tertiary/aromatic N) is 2. The number of rotatable bonds is 5. The average molecular weight is 464 g/mol. The van der Waals surface area contributed by atoms with E-state index in [-0.39, 0.29) is 40.7 Å². The third kappa shape index (κ3) is 5.90. The first kappa shape index (κ1) is 24.7. The standard InChI is InChI=1S/C24H37N3O4S/c1-17(2)21(25-22(28)18-6-8-19(9-7-18)24(3,4)5)23(29)27-13-11-26(12-14-27)20-10-15-32(30,31)16-20/h6-9,17,20-21H,10-16H2,1-5H3,(H,25,28)/t20?,21-/m0/s1. The van der Waals surface area contributed by atoms with Gasteiger partial charge in [0.25, 0.3) is 5.91 Å². The molecule has 2 heterocycles. The lowest BCUT2D eigenvalue weighted by Gasteiger charge is -2.39. The number of benzene rings is 1. The molecular formula is C24H37N3O4S. The van der Waals surface area contributed by atoms with Gasteiger partial charge < -0.3 is 10.2 Å². The van der Waals surface area contributed by atoms with E-state index >= 15 is 0 Å². The van der Waals surface area contributed by atoms with Gasteiger partial charge in [-0.1, -0.05) is 46.8 Å². The monoisotopic (exact) mass is 463 g/mol. The van der Waals surface area contributed by atoms with Crippen LogP contribution in [-0.4, -0.2) is 79.8 Å². The van der Waals surface area contributed by atoms with E-state index in [9.17, 15) is 18.0 Å². The van der Waals surface area contributed by atoms with E-state index < -0.39 is 15.9 Å². The second-order valence-corrected chi connectivity index (χ2v) is 12.7. The molecule has 0 bridgehead atoms. The molecule has 0 saturated carbocycles. The number of sulfone groups is 1. The Kier molecular flexibility index (Phi) is 7.34. The van der Waals surface area contributed by atoms with E-state index in [1.807, 2.05) is 38.1 Å². The van der Waals surface area contributed by atoms with E-state index in [1.165, 1.54) is 0 Å². The third-order valence-electron chi connectivity index (χ3n) is 6.58. The molecule has 1 N–H and O–H groups in total. The molecule has 2 saturated heterocycles. The van der Waals surface area contributed by atoms with Crippen LogP contribution in [0.15, 0.2) is 24.3 Å². The highest BCUT2D eigenvalue weighted by molar-refractivity contribution is 7.91. The molecule has 32 heavy (non-hydrogen) atoms. The third-order valence-corrected chi connectivity index (χ3v) is 8.33.